The summed E-state index contributed by atoms with van der Waals surface area (Å²) >= 11 is 0. The van der Waals surface area contributed by atoms with Gasteiger partial charge >= 0.3 is 0 Å². The predicted octanol–water partition coefficient (Wildman–Crippen LogP) is 3.18. The first kappa shape index (κ1) is 15.2. The van der Waals surface area contributed by atoms with Gasteiger partial charge in [0.15, 0.2) is 0 Å². The van der Waals surface area contributed by atoms with Crippen LogP contribution in [0.1, 0.15) is 45.6 Å². The molecule has 0 aliphatic carbocycles. The zero-order chi connectivity index (χ0) is 13.6. The number of hydrogen-bond acceptors (Lipinski definition) is 2. The van der Waals surface area contributed by atoms with Crippen molar-refractivity contribution in [2.75, 3.05) is 13.2 Å². The molecule has 102 valence electrons. The number of rotatable bonds is 7. The first-order chi connectivity index (χ1) is 8.46. The van der Waals surface area contributed by atoms with E-state index in [9.17, 15) is 0 Å². The Labute approximate surface area is 111 Å². The van der Waals surface area contributed by atoms with E-state index in [1.165, 1.54) is 5.56 Å². The van der Waals surface area contributed by atoms with E-state index in [-0.39, 0.29) is 12.1 Å². The van der Waals surface area contributed by atoms with E-state index in [4.69, 9.17) is 5.11 Å². The van der Waals surface area contributed by atoms with Gasteiger partial charge < -0.3 is 10.4 Å². The molecule has 2 N–H and O–H groups in total. The van der Waals surface area contributed by atoms with E-state index in [0.29, 0.717) is 11.8 Å². The molecule has 0 radical (unpaired) electrons. The summed E-state index contributed by atoms with van der Waals surface area (Å²) in [5, 5.41) is 12.6. The van der Waals surface area contributed by atoms with E-state index >= 15 is 0 Å². The average molecular weight is 249 g/mol. The summed E-state index contributed by atoms with van der Waals surface area (Å²) < 4.78 is 0. The van der Waals surface area contributed by atoms with Crippen molar-refractivity contribution in [2.24, 2.45) is 5.92 Å². The van der Waals surface area contributed by atoms with Crippen LogP contribution in [0, 0.1) is 5.92 Å². The number of hydrogen-bond donors (Lipinski definition) is 2. The molecule has 1 aromatic rings. The Bertz CT molecular complexity index is 332. The smallest absolute Gasteiger partial charge is 0.0448 e. The van der Waals surface area contributed by atoms with Crippen LogP contribution in [0.2, 0.25) is 0 Å². The van der Waals surface area contributed by atoms with Crippen molar-refractivity contribution in [1.29, 1.82) is 0 Å². The maximum atomic E-state index is 9.05. The van der Waals surface area contributed by atoms with Crippen LogP contribution in [0.25, 0.3) is 0 Å². The minimum absolute atomic E-state index is 0.00330. The Morgan fingerprint density at radius 3 is 2.28 bits per heavy atom. The lowest BCUT2D eigenvalue weighted by atomic mass is 9.87. The summed E-state index contributed by atoms with van der Waals surface area (Å²) in [5.74, 6) is 1.12. The molecule has 1 rings (SSSR count). The minimum Gasteiger partial charge on any atom is -0.396 e. The molecule has 0 bridgehead atoms. The summed E-state index contributed by atoms with van der Waals surface area (Å²) in [5.41, 5.74) is 1.39. The molecule has 0 heterocycles. The van der Waals surface area contributed by atoms with E-state index in [1.807, 2.05) is 0 Å². The van der Waals surface area contributed by atoms with Gasteiger partial charge in [0.2, 0.25) is 0 Å². The molecule has 0 aliphatic heterocycles. The van der Waals surface area contributed by atoms with Crippen LogP contribution in [0.5, 0.6) is 0 Å². The highest BCUT2D eigenvalue weighted by Crippen LogP contribution is 2.24. The third-order valence-corrected chi connectivity index (χ3v) is 3.57. The van der Waals surface area contributed by atoms with Crippen molar-refractivity contribution in [3.63, 3.8) is 0 Å². The Kier molecular flexibility index (Phi) is 5.83. The van der Waals surface area contributed by atoms with Gasteiger partial charge in [0.25, 0.3) is 0 Å². The van der Waals surface area contributed by atoms with E-state index < -0.39 is 0 Å². The van der Waals surface area contributed by atoms with Gasteiger partial charge in [-0.3, -0.25) is 0 Å². The topological polar surface area (TPSA) is 32.3 Å². The van der Waals surface area contributed by atoms with Crippen molar-refractivity contribution < 1.29 is 5.11 Å². The van der Waals surface area contributed by atoms with E-state index in [0.717, 1.165) is 13.0 Å². The summed E-state index contributed by atoms with van der Waals surface area (Å²) in [4.78, 5) is 0. The van der Waals surface area contributed by atoms with Gasteiger partial charge in [-0.1, -0.05) is 44.2 Å². The van der Waals surface area contributed by atoms with E-state index in [1.54, 1.807) is 0 Å². The average Bonchev–Trinajstić information content (AvgIpc) is 2.30. The van der Waals surface area contributed by atoms with Crippen LogP contribution in [0.15, 0.2) is 30.3 Å². The van der Waals surface area contributed by atoms with Crippen molar-refractivity contribution in [3.8, 4) is 0 Å². The number of nitrogens with one attached hydrogen (secondary N) is 1. The van der Waals surface area contributed by atoms with Gasteiger partial charge in [0, 0.05) is 18.7 Å². The van der Waals surface area contributed by atoms with Crippen LogP contribution in [-0.4, -0.2) is 23.8 Å². The van der Waals surface area contributed by atoms with Gasteiger partial charge in [0.1, 0.15) is 0 Å². The molecule has 0 amide bonds. The lowest BCUT2D eigenvalue weighted by Crippen LogP contribution is -2.42. The van der Waals surface area contributed by atoms with Crippen LogP contribution in [-0.2, 0) is 0 Å². The van der Waals surface area contributed by atoms with Crippen molar-refractivity contribution in [1.82, 2.24) is 5.32 Å². The fraction of sp³-hybridized carbons (Fsp3) is 0.625. The summed E-state index contributed by atoms with van der Waals surface area (Å²) in [7, 11) is 0. The summed E-state index contributed by atoms with van der Waals surface area (Å²) in [6, 6.07) is 10.7. The lowest BCUT2D eigenvalue weighted by Gasteiger charge is -2.30. The lowest BCUT2D eigenvalue weighted by molar-refractivity contribution is 0.226. The predicted molar refractivity (Wildman–Crippen MR) is 77.8 cm³/mol. The van der Waals surface area contributed by atoms with Crippen LogP contribution in [0.3, 0.4) is 0 Å². The number of aliphatic hydroxyl groups excluding tert-OH is 1. The molecule has 1 unspecified atom stereocenters. The molecule has 18 heavy (non-hydrogen) atoms. The second-order valence-corrected chi connectivity index (χ2v) is 6.00. The first-order valence-corrected chi connectivity index (χ1v) is 6.87. The van der Waals surface area contributed by atoms with E-state index in [2.05, 4.69) is 63.3 Å². The molecule has 0 fully saturated rings. The molecule has 1 atom stereocenters. The van der Waals surface area contributed by atoms with Gasteiger partial charge in [-0.2, -0.15) is 0 Å². The highest BCUT2D eigenvalue weighted by Gasteiger charge is 2.21. The molecule has 2 nitrogen and oxygen atoms in total. The zero-order valence-corrected chi connectivity index (χ0v) is 12.1. The summed E-state index contributed by atoms with van der Waals surface area (Å²) in [6.45, 7) is 10.0. The third kappa shape index (κ3) is 4.79. The van der Waals surface area contributed by atoms with Gasteiger partial charge in [0.05, 0.1) is 0 Å². The molecular formula is C16H27NO. The van der Waals surface area contributed by atoms with Crippen LogP contribution >= 0.6 is 0 Å². The molecule has 0 saturated heterocycles. The largest absolute Gasteiger partial charge is 0.396 e. The Morgan fingerprint density at radius 1 is 1.17 bits per heavy atom. The maximum Gasteiger partial charge on any atom is 0.0448 e. The second-order valence-electron chi connectivity index (χ2n) is 6.00. The van der Waals surface area contributed by atoms with Gasteiger partial charge in [-0.05, 0) is 37.7 Å². The quantitative estimate of drug-likeness (QED) is 0.778. The maximum absolute atomic E-state index is 9.05. The van der Waals surface area contributed by atoms with Gasteiger partial charge in [-0.15, -0.1) is 0 Å². The molecule has 0 spiro atoms. The minimum atomic E-state index is -0.00330. The normalized spacial score (nSPS) is 13.9. The molecular weight excluding hydrogens is 222 g/mol. The van der Waals surface area contributed by atoms with Crippen molar-refractivity contribution in [3.05, 3.63) is 35.9 Å². The Hall–Kier alpha value is -0.860. The zero-order valence-electron chi connectivity index (χ0n) is 12.1. The first-order valence-electron chi connectivity index (χ1n) is 6.87. The monoisotopic (exact) mass is 249 g/mol. The van der Waals surface area contributed by atoms with Crippen molar-refractivity contribution >= 4 is 0 Å². The number of aliphatic hydroxyl groups is 1. The molecule has 0 aromatic heterocycles. The molecule has 0 aliphatic rings. The van der Waals surface area contributed by atoms with Gasteiger partial charge in [-0.25, -0.2) is 0 Å². The van der Waals surface area contributed by atoms with Crippen molar-refractivity contribution in [2.45, 2.75) is 45.6 Å². The van der Waals surface area contributed by atoms with Crippen LogP contribution in [0.4, 0.5) is 0 Å². The standard InChI is InChI=1S/C16H27NO/c1-13(2)15(14-8-6-5-7-9-14)12-17-16(3,4)10-11-18/h5-9,13,15,17-18H,10-12H2,1-4H3. The molecule has 1 aromatic carbocycles. The highest BCUT2D eigenvalue weighted by molar-refractivity contribution is 5.20. The summed E-state index contributed by atoms with van der Waals surface area (Å²) in [6.07, 6.45) is 0.784. The SMILES string of the molecule is CC(C)C(CNC(C)(C)CCO)c1ccccc1. The highest BCUT2D eigenvalue weighted by atomic mass is 16.3. The molecule has 0 saturated carbocycles. The second kappa shape index (κ2) is 6.91. The van der Waals surface area contributed by atoms with Crippen LogP contribution < -0.4 is 5.32 Å². The molecule has 2 heteroatoms. The fourth-order valence-corrected chi connectivity index (χ4v) is 2.19. The number of benzene rings is 1. The third-order valence-electron chi connectivity index (χ3n) is 3.57. The fourth-order valence-electron chi connectivity index (χ4n) is 2.19. The Morgan fingerprint density at radius 2 is 1.78 bits per heavy atom. The Balaban J connectivity index is 2.65.